The summed E-state index contributed by atoms with van der Waals surface area (Å²) in [5.41, 5.74) is 4.60. The molecule has 5 rings (SSSR count). The quantitative estimate of drug-likeness (QED) is 0.684. The van der Waals surface area contributed by atoms with Crippen LogP contribution in [0.2, 0.25) is 0 Å². The molecule has 1 N–H and O–H groups in total. The van der Waals surface area contributed by atoms with Crippen LogP contribution in [0, 0.1) is 6.92 Å². The molecule has 1 aromatic heterocycles. The number of hydrogen-bond donors (Lipinski definition) is 1. The van der Waals surface area contributed by atoms with E-state index in [0.29, 0.717) is 29.7 Å². The number of hydrogen-bond acceptors (Lipinski definition) is 6. The molecule has 3 aromatic rings. The molecule has 0 radical (unpaired) electrons. The van der Waals surface area contributed by atoms with Gasteiger partial charge in [-0.05, 0) is 38.0 Å². The summed E-state index contributed by atoms with van der Waals surface area (Å²) in [5.74, 6) is 2.73. The maximum atomic E-state index is 13.0. The highest BCUT2D eigenvalue weighted by molar-refractivity contribution is 5.99. The molecule has 7 heteroatoms. The Morgan fingerprint density at radius 3 is 2.74 bits per heavy atom. The summed E-state index contributed by atoms with van der Waals surface area (Å²) >= 11 is 0. The van der Waals surface area contributed by atoms with Crippen molar-refractivity contribution in [1.82, 2.24) is 14.8 Å². The minimum atomic E-state index is -0.411. The van der Waals surface area contributed by atoms with Crippen molar-refractivity contribution in [3.8, 4) is 22.9 Å². The molecular formula is C24H24N4O3. The fraction of sp³-hybridized carbons (Fsp3) is 0.292. The summed E-state index contributed by atoms with van der Waals surface area (Å²) in [6.45, 7) is 2.04. The number of aryl methyl sites for hydroxylation is 1. The Labute approximate surface area is 180 Å². The summed E-state index contributed by atoms with van der Waals surface area (Å²) in [4.78, 5) is 17.8. The van der Waals surface area contributed by atoms with Crippen molar-refractivity contribution in [3.05, 3.63) is 64.9 Å². The van der Waals surface area contributed by atoms with Crippen LogP contribution in [0.25, 0.3) is 11.4 Å². The lowest BCUT2D eigenvalue weighted by Crippen LogP contribution is -2.31. The van der Waals surface area contributed by atoms with Gasteiger partial charge in [-0.3, -0.25) is 4.79 Å². The average Bonchev–Trinajstić information content (AvgIpc) is 3.21. The molecule has 0 bridgehead atoms. The lowest BCUT2D eigenvalue weighted by Gasteiger charge is -2.32. The van der Waals surface area contributed by atoms with Gasteiger partial charge in [-0.1, -0.05) is 23.8 Å². The topological polar surface area (TPSA) is 78.3 Å². The number of Topliss-reactive ketones (excluding diaryl/α,β-unsaturated/α-hetero) is 1. The van der Waals surface area contributed by atoms with Gasteiger partial charge in [0.15, 0.2) is 11.6 Å². The molecule has 7 nitrogen and oxygen atoms in total. The van der Waals surface area contributed by atoms with E-state index in [1.54, 1.807) is 14.2 Å². The Bertz CT molecular complexity index is 1210. The molecular weight excluding hydrogens is 392 g/mol. The molecule has 158 valence electrons. The number of nitrogens with zero attached hydrogens (tertiary/aromatic N) is 3. The van der Waals surface area contributed by atoms with Gasteiger partial charge in [0.1, 0.15) is 17.5 Å². The number of allylic oxidation sites excluding steroid dienone is 2. The Balaban J connectivity index is 1.70. The predicted octanol–water partition coefficient (Wildman–Crippen LogP) is 4.29. The molecule has 2 heterocycles. The fourth-order valence-electron chi connectivity index (χ4n) is 4.39. The molecule has 0 fully saturated rings. The van der Waals surface area contributed by atoms with E-state index in [1.165, 1.54) is 0 Å². The number of aromatic nitrogens is 3. The third-order valence-electron chi connectivity index (χ3n) is 5.88. The van der Waals surface area contributed by atoms with Crippen LogP contribution in [0.3, 0.4) is 0 Å². The van der Waals surface area contributed by atoms with Gasteiger partial charge < -0.3 is 14.8 Å². The van der Waals surface area contributed by atoms with E-state index < -0.39 is 6.04 Å². The summed E-state index contributed by atoms with van der Waals surface area (Å²) < 4.78 is 12.9. The van der Waals surface area contributed by atoms with Crippen molar-refractivity contribution in [1.29, 1.82) is 0 Å². The van der Waals surface area contributed by atoms with E-state index in [4.69, 9.17) is 19.6 Å². The largest absolute Gasteiger partial charge is 0.497 e. The van der Waals surface area contributed by atoms with Gasteiger partial charge in [-0.15, -0.1) is 5.10 Å². The molecule has 1 aliphatic heterocycles. The van der Waals surface area contributed by atoms with Gasteiger partial charge in [-0.25, -0.2) is 4.68 Å². The Kier molecular flexibility index (Phi) is 4.73. The lowest BCUT2D eigenvalue weighted by atomic mass is 9.85. The molecule has 1 unspecified atom stereocenters. The van der Waals surface area contributed by atoms with Gasteiger partial charge in [0.05, 0.1) is 14.2 Å². The molecule has 0 amide bonds. The van der Waals surface area contributed by atoms with Crippen LogP contribution >= 0.6 is 0 Å². The molecule has 0 saturated carbocycles. The van der Waals surface area contributed by atoms with Gasteiger partial charge in [-0.2, -0.15) is 4.98 Å². The molecule has 0 spiro atoms. The van der Waals surface area contributed by atoms with Gasteiger partial charge in [0, 0.05) is 34.9 Å². The van der Waals surface area contributed by atoms with E-state index in [1.807, 2.05) is 48.0 Å². The van der Waals surface area contributed by atoms with Crippen molar-refractivity contribution in [2.75, 3.05) is 19.5 Å². The van der Waals surface area contributed by atoms with Gasteiger partial charge >= 0.3 is 0 Å². The molecule has 2 aromatic carbocycles. The van der Waals surface area contributed by atoms with Crippen LogP contribution in [0.15, 0.2) is 53.7 Å². The van der Waals surface area contributed by atoms with Crippen molar-refractivity contribution >= 4 is 11.7 Å². The smallest absolute Gasteiger partial charge is 0.226 e. The third-order valence-corrected chi connectivity index (χ3v) is 5.88. The Morgan fingerprint density at radius 1 is 1.10 bits per heavy atom. The Morgan fingerprint density at radius 2 is 1.97 bits per heavy atom. The first kappa shape index (κ1) is 19.4. The first-order valence-electron chi connectivity index (χ1n) is 10.4. The van der Waals surface area contributed by atoms with Gasteiger partial charge in [0.25, 0.3) is 0 Å². The van der Waals surface area contributed by atoms with E-state index >= 15 is 0 Å². The van der Waals surface area contributed by atoms with E-state index in [2.05, 4.69) is 11.4 Å². The fourth-order valence-corrected chi connectivity index (χ4v) is 4.39. The number of ether oxygens (including phenoxy) is 2. The summed E-state index contributed by atoms with van der Waals surface area (Å²) in [5, 5.41) is 8.21. The second-order valence-corrected chi connectivity index (χ2v) is 7.88. The third kappa shape index (κ3) is 3.26. The highest BCUT2D eigenvalue weighted by Gasteiger charge is 2.38. The predicted molar refractivity (Wildman–Crippen MR) is 117 cm³/mol. The number of anilines is 1. The van der Waals surface area contributed by atoms with Crippen molar-refractivity contribution in [2.45, 2.75) is 32.2 Å². The van der Waals surface area contributed by atoms with Crippen LogP contribution in [-0.4, -0.2) is 34.8 Å². The number of carbonyl (C=O) groups excluding carboxylic acids is 1. The first-order valence-corrected chi connectivity index (χ1v) is 10.4. The lowest BCUT2D eigenvalue weighted by molar-refractivity contribution is -0.116. The summed E-state index contributed by atoms with van der Waals surface area (Å²) in [6.07, 6.45) is 2.17. The highest BCUT2D eigenvalue weighted by atomic mass is 16.5. The number of nitrogens with one attached hydrogen (secondary N) is 1. The maximum absolute atomic E-state index is 13.0. The van der Waals surface area contributed by atoms with Crippen LogP contribution in [0.4, 0.5) is 5.95 Å². The molecule has 0 saturated heterocycles. The van der Waals surface area contributed by atoms with Gasteiger partial charge in [0.2, 0.25) is 5.95 Å². The van der Waals surface area contributed by atoms with Crippen LogP contribution in [0.1, 0.15) is 36.4 Å². The standard InChI is InChI=1S/C24H24N4O3/c1-14-6-4-7-15(12-14)23-26-24-25-18-8-5-9-19(29)21(18)22(28(24)27-23)17-11-10-16(30-2)13-20(17)31-3/h4,6-7,10-13,22H,5,8-9H2,1-3H3,(H,25,26,27). The molecule has 31 heavy (non-hydrogen) atoms. The zero-order valence-corrected chi connectivity index (χ0v) is 17.8. The number of carbonyl (C=O) groups is 1. The monoisotopic (exact) mass is 416 g/mol. The minimum absolute atomic E-state index is 0.134. The second kappa shape index (κ2) is 7.58. The zero-order valence-electron chi connectivity index (χ0n) is 17.8. The van der Waals surface area contributed by atoms with E-state index in [-0.39, 0.29) is 5.78 Å². The average molecular weight is 416 g/mol. The second-order valence-electron chi connectivity index (χ2n) is 7.88. The normalized spacial score (nSPS) is 17.6. The van der Waals surface area contributed by atoms with Crippen molar-refractivity contribution in [2.24, 2.45) is 0 Å². The van der Waals surface area contributed by atoms with Crippen LogP contribution in [0.5, 0.6) is 11.5 Å². The SMILES string of the molecule is COc1ccc(C2C3=C(CCCC3=O)Nc3nc(-c4cccc(C)c4)nn32)c(OC)c1. The summed E-state index contributed by atoms with van der Waals surface area (Å²) in [7, 11) is 3.24. The van der Waals surface area contributed by atoms with E-state index in [9.17, 15) is 4.79 Å². The zero-order chi connectivity index (χ0) is 21.5. The minimum Gasteiger partial charge on any atom is -0.497 e. The number of benzene rings is 2. The Hall–Kier alpha value is -3.61. The number of ketones is 1. The molecule has 2 aliphatic rings. The maximum Gasteiger partial charge on any atom is 0.226 e. The first-order chi connectivity index (χ1) is 15.1. The number of fused-ring (bicyclic) bond motifs is 1. The molecule has 1 atom stereocenters. The molecule has 1 aliphatic carbocycles. The highest BCUT2D eigenvalue weighted by Crippen LogP contribution is 2.44. The van der Waals surface area contributed by atoms with Crippen LogP contribution < -0.4 is 14.8 Å². The summed E-state index contributed by atoms with van der Waals surface area (Å²) in [6, 6.07) is 13.3. The van der Waals surface area contributed by atoms with Crippen molar-refractivity contribution in [3.63, 3.8) is 0 Å². The number of rotatable bonds is 4. The van der Waals surface area contributed by atoms with Crippen LogP contribution in [-0.2, 0) is 4.79 Å². The number of methoxy groups -OCH3 is 2. The van der Waals surface area contributed by atoms with Crippen molar-refractivity contribution < 1.29 is 14.3 Å². The van der Waals surface area contributed by atoms with E-state index in [0.717, 1.165) is 40.8 Å².